The van der Waals surface area contributed by atoms with Crippen LogP contribution in [0.2, 0.25) is 0 Å². The van der Waals surface area contributed by atoms with Gasteiger partial charge < -0.3 is 9.84 Å². The summed E-state index contributed by atoms with van der Waals surface area (Å²) < 4.78 is 5.16. The second-order valence-corrected chi connectivity index (χ2v) is 11.7. The average Bonchev–Trinajstić information content (AvgIpc) is 2.92. The fraction of sp³-hybridized carbons (Fsp3) is 0.886. The van der Waals surface area contributed by atoms with Crippen molar-refractivity contribution in [3.63, 3.8) is 0 Å². The summed E-state index contributed by atoms with van der Waals surface area (Å²) in [5.41, 5.74) is 0. The Morgan fingerprint density at radius 3 is 1.33 bits per heavy atom. The first-order valence-corrected chi connectivity index (χ1v) is 17.1. The number of unbranched alkanes of at least 4 members (excludes halogenated alkanes) is 22. The molecule has 1 unspecified atom stereocenters. The Labute approximate surface area is 243 Å². The highest BCUT2D eigenvalue weighted by Crippen LogP contribution is 2.18. The lowest BCUT2D eigenvalue weighted by atomic mass is 9.97. The first-order valence-electron chi connectivity index (χ1n) is 17.1. The van der Waals surface area contributed by atoms with Crippen LogP contribution in [-0.2, 0) is 14.3 Å². The predicted octanol–water partition coefficient (Wildman–Crippen LogP) is 11.4. The van der Waals surface area contributed by atoms with E-state index in [4.69, 9.17) is 9.84 Å². The molecule has 0 rings (SSSR count). The van der Waals surface area contributed by atoms with Crippen molar-refractivity contribution in [2.45, 2.75) is 187 Å². The number of carboxylic acid groups (broad SMARTS) is 1. The van der Waals surface area contributed by atoms with Crippen LogP contribution in [-0.4, -0.2) is 23.7 Å². The maximum atomic E-state index is 12.0. The number of esters is 1. The summed E-state index contributed by atoms with van der Waals surface area (Å²) in [7, 11) is 0. The highest BCUT2D eigenvalue weighted by molar-refractivity contribution is 5.79. The monoisotopic (exact) mass is 550 g/mol. The number of allylic oxidation sites excluding steroid dienone is 2. The molecule has 0 bridgehead atoms. The molecule has 0 saturated heterocycles. The van der Waals surface area contributed by atoms with E-state index in [0.29, 0.717) is 13.0 Å². The van der Waals surface area contributed by atoms with Gasteiger partial charge in [0.05, 0.1) is 18.9 Å². The first kappa shape index (κ1) is 37.7. The smallest absolute Gasteiger partial charge is 0.309 e. The van der Waals surface area contributed by atoms with Gasteiger partial charge in [0, 0.05) is 0 Å². The van der Waals surface area contributed by atoms with Crippen molar-refractivity contribution >= 4 is 11.9 Å². The summed E-state index contributed by atoms with van der Waals surface area (Å²) in [5.74, 6) is -1.74. The van der Waals surface area contributed by atoms with Gasteiger partial charge in [0.1, 0.15) is 0 Å². The molecule has 0 radical (unpaired) electrons. The maximum absolute atomic E-state index is 12.0. The van der Waals surface area contributed by atoms with Gasteiger partial charge in [-0.25, -0.2) is 0 Å². The molecule has 230 valence electrons. The number of aliphatic carboxylic acids is 1. The van der Waals surface area contributed by atoms with Crippen molar-refractivity contribution < 1.29 is 19.4 Å². The van der Waals surface area contributed by atoms with Crippen molar-refractivity contribution in [1.29, 1.82) is 0 Å². The van der Waals surface area contributed by atoms with Gasteiger partial charge >= 0.3 is 11.9 Å². The number of ether oxygens (including phenoxy) is 1. The van der Waals surface area contributed by atoms with Gasteiger partial charge in [0.15, 0.2) is 0 Å². The fourth-order valence-corrected chi connectivity index (χ4v) is 5.24. The fourth-order valence-electron chi connectivity index (χ4n) is 5.24. The number of carbonyl (C=O) groups excluding carboxylic acids is 1. The molecule has 0 aliphatic carbocycles. The topological polar surface area (TPSA) is 63.6 Å². The van der Waals surface area contributed by atoms with Crippen LogP contribution in [0.4, 0.5) is 0 Å². The van der Waals surface area contributed by atoms with E-state index in [0.717, 1.165) is 19.3 Å². The van der Waals surface area contributed by atoms with E-state index in [1.807, 2.05) is 6.92 Å². The number of hydrogen-bond acceptors (Lipinski definition) is 3. The number of rotatable bonds is 31. The van der Waals surface area contributed by atoms with Crippen molar-refractivity contribution in [1.82, 2.24) is 0 Å². The van der Waals surface area contributed by atoms with Crippen molar-refractivity contribution in [2.24, 2.45) is 5.92 Å². The molecule has 1 N–H and O–H groups in total. The highest BCUT2D eigenvalue weighted by atomic mass is 16.5. The second kappa shape index (κ2) is 31.2. The zero-order valence-corrected chi connectivity index (χ0v) is 26.2. The summed E-state index contributed by atoms with van der Waals surface area (Å²) >= 11 is 0. The van der Waals surface area contributed by atoms with Crippen LogP contribution in [0.1, 0.15) is 187 Å². The summed E-state index contributed by atoms with van der Waals surface area (Å²) in [6, 6.07) is 0. The van der Waals surface area contributed by atoms with Crippen LogP contribution in [0.5, 0.6) is 0 Å². The Morgan fingerprint density at radius 1 is 0.564 bits per heavy atom. The van der Waals surface area contributed by atoms with Crippen LogP contribution in [0, 0.1) is 5.92 Å². The third-order valence-electron chi connectivity index (χ3n) is 7.77. The van der Waals surface area contributed by atoms with E-state index in [9.17, 15) is 9.59 Å². The molecule has 0 amide bonds. The third-order valence-corrected chi connectivity index (χ3v) is 7.77. The molecule has 0 aliphatic heterocycles. The summed E-state index contributed by atoms with van der Waals surface area (Å²) in [6.07, 6.45) is 38.0. The Bertz CT molecular complexity index is 557. The average molecular weight is 551 g/mol. The summed E-state index contributed by atoms with van der Waals surface area (Å²) in [5, 5.41) is 9.05. The lowest BCUT2D eigenvalue weighted by Crippen LogP contribution is -2.21. The van der Waals surface area contributed by atoms with E-state index in [2.05, 4.69) is 19.1 Å². The molecule has 1 atom stereocenters. The minimum atomic E-state index is -0.916. The third kappa shape index (κ3) is 29.5. The van der Waals surface area contributed by atoms with Crippen LogP contribution in [0.25, 0.3) is 0 Å². The molecule has 4 nitrogen and oxygen atoms in total. The zero-order valence-electron chi connectivity index (χ0n) is 26.2. The molecule has 0 aromatic heterocycles. The van der Waals surface area contributed by atoms with Gasteiger partial charge in [0.25, 0.3) is 0 Å². The Morgan fingerprint density at radius 2 is 0.949 bits per heavy atom. The van der Waals surface area contributed by atoms with Crippen molar-refractivity contribution in [2.75, 3.05) is 6.61 Å². The zero-order chi connectivity index (χ0) is 28.7. The standard InChI is InChI=1S/C35H66O4/c1-3-5-6-7-8-9-10-11-12-13-14-15-16-17-18-19-20-21-22-23-24-25-26-27-28-29-30-33(32-34(36)37)35(38)39-31-4-2/h13-14,33H,3-12,15-32H2,1-2H3,(H,36,37)/b14-13+. The molecule has 0 aromatic rings. The molecule has 0 heterocycles. The Hall–Kier alpha value is -1.32. The lowest BCUT2D eigenvalue weighted by molar-refractivity contribution is -0.153. The number of hydrogen-bond donors (Lipinski definition) is 1. The Balaban J connectivity index is 3.35. The van der Waals surface area contributed by atoms with Gasteiger partial charge in [-0.3, -0.25) is 9.59 Å². The first-order chi connectivity index (χ1) is 19.1. The van der Waals surface area contributed by atoms with Crippen molar-refractivity contribution in [3.05, 3.63) is 12.2 Å². The normalized spacial score (nSPS) is 12.3. The van der Waals surface area contributed by atoms with Crippen molar-refractivity contribution in [3.8, 4) is 0 Å². The lowest BCUT2D eigenvalue weighted by Gasteiger charge is -2.13. The largest absolute Gasteiger partial charge is 0.481 e. The second-order valence-electron chi connectivity index (χ2n) is 11.7. The summed E-state index contributed by atoms with van der Waals surface area (Å²) in [6.45, 7) is 4.61. The molecule has 39 heavy (non-hydrogen) atoms. The predicted molar refractivity (Wildman–Crippen MR) is 167 cm³/mol. The van der Waals surface area contributed by atoms with Gasteiger partial charge in [-0.2, -0.15) is 0 Å². The molecular formula is C35H66O4. The van der Waals surface area contributed by atoms with E-state index < -0.39 is 11.9 Å². The quantitative estimate of drug-likeness (QED) is 0.0529. The van der Waals surface area contributed by atoms with E-state index in [-0.39, 0.29) is 12.4 Å². The molecular weight excluding hydrogens is 484 g/mol. The summed E-state index contributed by atoms with van der Waals surface area (Å²) in [4.78, 5) is 23.0. The van der Waals surface area contributed by atoms with Crippen LogP contribution in [0.3, 0.4) is 0 Å². The van der Waals surface area contributed by atoms with E-state index >= 15 is 0 Å². The highest BCUT2D eigenvalue weighted by Gasteiger charge is 2.22. The number of carbonyl (C=O) groups is 2. The molecule has 0 fully saturated rings. The van der Waals surface area contributed by atoms with E-state index in [1.54, 1.807) is 0 Å². The molecule has 0 saturated carbocycles. The van der Waals surface area contributed by atoms with Gasteiger partial charge in [-0.1, -0.05) is 154 Å². The van der Waals surface area contributed by atoms with Crippen LogP contribution >= 0.6 is 0 Å². The maximum Gasteiger partial charge on any atom is 0.309 e. The Kier molecular flexibility index (Phi) is 30.2. The minimum absolute atomic E-state index is 0.112. The molecule has 0 aliphatic rings. The van der Waals surface area contributed by atoms with Crippen LogP contribution in [0.15, 0.2) is 12.2 Å². The van der Waals surface area contributed by atoms with Gasteiger partial charge in [0.2, 0.25) is 0 Å². The van der Waals surface area contributed by atoms with Crippen LogP contribution < -0.4 is 0 Å². The molecule has 0 spiro atoms. The SMILES string of the molecule is CCCCCCCCCC/C=C/CCCCCCCCCCCCCCCCC(CC(=O)O)C(=O)OCCC. The van der Waals surface area contributed by atoms with Gasteiger partial charge in [-0.15, -0.1) is 0 Å². The molecule has 0 aromatic carbocycles. The van der Waals surface area contributed by atoms with Gasteiger partial charge in [-0.05, 0) is 38.5 Å². The number of carboxylic acids is 1. The minimum Gasteiger partial charge on any atom is -0.481 e. The van der Waals surface area contributed by atoms with E-state index in [1.165, 1.54) is 141 Å². The molecule has 4 heteroatoms.